The Bertz CT molecular complexity index is 985. The second-order valence-electron chi connectivity index (χ2n) is 8.32. The zero-order valence-electron chi connectivity index (χ0n) is 18.1. The van der Waals surface area contributed by atoms with Crippen LogP contribution in [0.1, 0.15) is 48.7 Å². The van der Waals surface area contributed by atoms with Crippen LogP contribution in [-0.2, 0) is 0 Å². The monoisotopic (exact) mass is 454 g/mol. The zero-order chi connectivity index (χ0) is 22.5. The van der Waals surface area contributed by atoms with E-state index < -0.39 is 0 Å². The first kappa shape index (κ1) is 22.3. The first-order chi connectivity index (χ1) is 15.5. The number of ether oxygens (including phenoxy) is 1. The van der Waals surface area contributed by atoms with E-state index in [1.54, 1.807) is 30.6 Å². The molecular formula is C23H27ClN6O2. The third kappa shape index (κ3) is 5.29. The third-order valence-electron chi connectivity index (χ3n) is 6.04. The lowest BCUT2D eigenvalue weighted by atomic mass is 9.93. The maximum atomic E-state index is 12.6. The number of benzene rings is 1. The number of hydrogen-bond donors (Lipinski definition) is 2. The highest BCUT2D eigenvalue weighted by molar-refractivity contribution is 6.31. The van der Waals surface area contributed by atoms with Crippen molar-refractivity contribution in [2.45, 2.75) is 50.8 Å². The summed E-state index contributed by atoms with van der Waals surface area (Å²) < 4.78 is 6.01. The summed E-state index contributed by atoms with van der Waals surface area (Å²) >= 11 is 6.08. The van der Waals surface area contributed by atoms with Crippen LogP contribution in [0.2, 0.25) is 5.02 Å². The lowest BCUT2D eigenvalue weighted by molar-refractivity contribution is 0.0888. The van der Waals surface area contributed by atoms with Crippen molar-refractivity contribution in [2.24, 2.45) is 0 Å². The number of rotatable bonds is 5. The molecule has 0 spiro atoms. The normalized spacial score (nSPS) is 23.3. The highest BCUT2D eigenvalue weighted by atomic mass is 35.5. The maximum Gasteiger partial charge on any atom is 0.271 e. The Labute approximate surface area is 192 Å². The fraction of sp³-hybridized carbons (Fsp3) is 0.478. The van der Waals surface area contributed by atoms with Crippen molar-refractivity contribution >= 4 is 23.3 Å². The molecule has 1 amide bonds. The van der Waals surface area contributed by atoms with Crippen molar-refractivity contribution in [1.29, 1.82) is 5.26 Å². The molecule has 0 radical (unpaired) electrons. The molecule has 2 fully saturated rings. The minimum Gasteiger partial charge on any atom is -0.490 e. The van der Waals surface area contributed by atoms with Crippen LogP contribution in [0.4, 0.5) is 5.82 Å². The lowest BCUT2D eigenvalue weighted by Gasteiger charge is -2.34. The molecular weight excluding hydrogens is 428 g/mol. The number of carbonyl (C=O) groups is 1. The molecule has 1 atom stereocenters. The lowest BCUT2D eigenvalue weighted by Crippen LogP contribution is -2.50. The van der Waals surface area contributed by atoms with Gasteiger partial charge in [-0.15, -0.1) is 0 Å². The highest BCUT2D eigenvalue weighted by Crippen LogP contribution is 2.27. The number of nitrogens with zero attached hydrogens (tertiary/aromatic N) is 4. The van der Waals surface area contributed by atoms with Gasteiger partial charge in [0.25, 0.3) is 5.91 Å². The first-order valence-electron chi connectivity index (χ1n) is 11.0. The van der Waals surface area contributed by atoms with Crippen LogP contribution in [-0.4, -0.2) is 53.7 Å². The van der Waals surface area contributed by atoms with Crippen LogP contribution in [0.25, 0.3) is 0 Å². The number of hydrogen-bond acceptors (Lipinski definition) is 7. The van der Waals surface area contributed by atoms with Gasteiger partial charge in [-0.05, 0) is 44.7 Å². The molecule has 2 heterocycles. The van der Waals surface area contributed by atoms with Crippen molar-refractivity contribution in [1.82, 2.24) is 20.6 Å². The number of amides is 1. The third-order valence-corrected chi connectivity index (χ3v) is 6.35. The summed E-state index contributed by atoms with van der Waals surface area (Å²) in [6.45, 7) is 4.85. The summed E-state index contributed by atoms with van der Waals surface area (Å²) in [5, 5.41) is 15.8. The summed E-state index contributed by atoms with van der Waals surface area (Å²) in [6, 6.07) is 7.58. The molecule has 4 rings (SSSR count). The van der Waals surface area contributed by atoms with Gasteiger partial charge in [0.05, 0.1) is 29.1 Å². The van der Waals surface area contributed by atoms with E-state index in [1.165, 1.54) is 0 Å². The first-order valence-corrected chi connectivity index (χ1v) is 11.4. The fourth-order valence-electron chi connectivity index (χ4n) is 4.20. The SMILES string of the molecule is C[C@@H]1CNCCN1c1cnc(C(=O)NC2CCC(Oc3ccc(C#N)c(Cl)c3)CC2)cn1. The summed E-state index contributed by atoms with van der Waals surface area (Å²) in [4.78, 5) is 23.6. The molecule has 9 heteroatoms. The Morgan fingerprint density at radius 3 is 2.75 bits per heavy atom. The Balaban J connectivity index is 1.26. The van der Waals surface area contributed by atoms with Crippen molar-refractivity contribution in [3.05, 3.63) is 46.9 Å². The van der Waals surface area contributed by atoms with Gasteiger partial charge in [-0.3, -0.25) is 4.79 Å². The van der Waals surface area contributed by atoms with E-state index >= 15 is 0 Å². The average Bonchev–Trinajstić information content (AvgIpc) is 2.81. The van der Waals surface area contributed by atoms with E-state index in [9.17, 15) is 4.79 Å². The van der Waals surface area contributed by atoms with Gasteiger partial charge in [0.2, 0.25) is 0 Å². The van der Waals surface area contributed by atoms with Crippen LogP contribution < -0.4 is 20.3 Å². The van der Waals surface area contributed by atoms with E-state index in [1.807, 2.05) is 6.07 Å². The zero-order valence-corrected chi connectivity index (χ0v) is 18.8. The molecule has 1 aromatic heterocycles. The Morgan fingerprint density at radius 1 is 1.28 bits per heavy atom. The molecule has 1 aliphatic carbocycles. The quantitative estimate of drug-likeness (QED) is 0.715. The van der Waals surface area contributed by atoms with Gasteiger partial charge in [0, 0.05) is 37.8 Å². The van der Waals surface area contributed by atoms with Gasteiger partial charge >= 0.3 is 0 Å². The maximum absolute atomic E-state index is 12.6. The highest BCUT2D eigenvalue weighted by Gasteiger charge is 2.25. The number of nitriles is 1. The molecule has 8 nitrogen and oxygen atoms in total. The molecule has 32 heavy (non-hydrogen) atoms. The van der Waals surface area contributed by atoms with Gasteiger partial charge < -0.3 is 20.3 Å². The second kappa shape index (κ2) is 10.2. The minimum atomic E-state index is -0.194. The standard InChI is InChI=1S/C23H27ClN6O2/c1-15-12-26-8-9-30(15)22-14-27-21(13-28-22)23(31)29-17-3-6-18(7-4-17)32-19-5-2-16(11-25)20(24)10-19/h2,5,10,13-15,17-18,26H,3-4,6-9,12H2,1H3,(H,29,31)/t15-,17?,18?/m1/s1. The summed E-state index contributed by atoms with van der Waals surface area (Å²) in [7, 11) is 0. The van der Waals surface area contributed by atoms with Crippen LogP contribution in [0.15, 0.2) is 30.6 Å². The van der Waals surface area contributed by atoms with Gasteiger partial charge in [-0.2, -0.15) is 5.26 Å². The predicted molar refractivity (Wildman–Crippen MR) is 122 cm³/mol. The number of carbonyl (C=O) groups excluding carboxylic acids is 1. The number of aromatic nitrogens is 2. The Morgan fingerprint density at radius 2 is 2.09 bits per heavy atom. The number of piperazine rings is 1. The summed E-state index contributed by atoms with van der Waals surface area (Å²) in [6.07, 6.45) is 6.61. The smallest absolute Gasteiger partial charge is 0.271 e. The molecule has 2 aliphatic rings. The van der Waals surface area contributed by atoms with E-state index in [2.05, 4.69) is 32.4 Å². The summed E-state index contributed by atoms with van der Waals surface area (Å²) in [5.74, 6) is 1.27. The van der Waals surface area contributed by atoms with E-state index in [0.717, 1.165) is 51.1 Å². The molecule has 2 N–H and O–H groups in total. The Kier molecular flexibility index (Phi) is 7.08. The van der Waals surface area contributed by atoms with Crippen LogP contribution >= 0.6 is 11.6 Å². The molecule has 1 aliphatic heterocycles. The second-order valence-corrected chi connectivity index (χ2v) is 8.73. The van der Waals surface area contributed by atoms with Crippen molar-refractivity contribution in [3.8, 4) is 11.8 Å². The topological polar surface area (TPSA) is 103 Å². The molecule has 0 bridgehead atoms. The number of anilines is 1. The largest absolute Gasteiger partial charge is 0.490 e. The van der Waals surface area contributed by atoms with Gasteiger partial charge in [0.15, 0.2) is 0 Å². The van der Waals surface area contributed by atoms with Crippen LogP contribution in [0.5, 0.6) is 5.75 Å². The molecule has 0 unspecified atom stereocenters. The molecule has 168 valence electrons. The van der Waals surface area contributed by atoms with Crippen molar-refractivity contribution in [2.75, 3.05) is 24.5 Å². The fourth-order valence-corrected chi connectivity index (χ4v) is 4.42. The Hall–Kier alpha value is -2.89. The van der Waals surface area contributed by atoms with Crippen molar-refractivity contribution < 1.29 is 9.53 Å². The molecule has 2 aromatic rings. The average molecular weight is 455 g/mol. The molecule has 1 saturated carbocycles. The van der Waals surface area contributed by atoms with E-state index in [4.69, 9.17) is 21.6 Å². The van der Waals surface area contributed by atoms with Gasteiger partial charge in [-0.1, -0.05) is 11.6 Å². The van der Waals surface area contributed by atoms with E-state index in [-0.39, 0.29) is 18.1 Å². The number of halogens is 1. The van der Waals surface area contributed by atoms with Gasteiger partial charge in [-0.25, -0.2) is 9.97 Å². The van der Waals surface area contributed by atoms with Gasteiger partial charge in [0.1, 0.15) is 23.3 Å². The molecule has 1 saturated heterocycles. The van der Waals surface area contributed by atoms with Crippen LogP contribution in [0, 0.1) is 11.3 Å². The number of nitrogens with one attached hydrogen (secondary N) is 2. The van der Waals surface area contributed by atoms with E-state index in [0.29, 0.717) is 28.1 Å². The summed E-state index contributed by atoms with van der Waals surface area (Å²) in [5.41, 5.74) is 0.770. The minimum absolute atomic E-state index is 0.0623. The predicted octanol–water partition coefficient (Wildman–Crippen LogP) is 2.92. The van der Waals surface area contributed by atoms with Crippen LogP contribution in [0.3, 0.4) is 0 Å². The molecule has 1 aromatic carbocycles. The van der Waals surface area contributed by atoms with Crippen molar-refractivity contribution in [3.63, 3.8) is 0 Å².